The lowest BCUT2D eigenvalue weighted by molar-refractivity contribution is -0.152. The zero-order chi connectivity index (χ0) is 19.2. The molecule has 146 valence electrons. The van der Waals surface area contributed by atoms with E-state index in [-0.39, 0.29) is 17.2 Å². The van der Waals surface area contributed by atoms with Gasteiger partial charge in [0.2, 0.25) is 5.13 Å². The van der Waals surface area contributed by atoms with Crippen LogP contribution in [-0.2, 0) is 14.3 Å². The van der Waals surface area contributed by atoms with Crippen molar-refractivity contribution < 1.29 is 14.3 Å². The Kier molecular flexibility index (Phi) is 7.69. The molecule has 0 unspecified atom stereocenters. The second-order valence-electron chi connectivity index (χ2n) is 7.51. The van der Waals surface area contributed by atoms with Gasteiger partial charge in [0.15, 0.2) is 10.4 Å². The number of aromatic nitrogens is 2. The predicted octanol–water partition coefficient (Wildman–Crippen LogP) is 3.22. The SMILES string of the molecule is C[C@@H](OC(=O)CSc1nnc(NC2CCCCC2)s1)C(=O)NC(C)(C)C. The maximum absolute atomic E-state index is 11.9. The predicted molar refractivity (Wildman–Crippen MR) is 105 cm³/mol. The summed E-state index contributed by atoms with van der Waals surface area (Å²) in [6.07, 6.45) is 5.34. The first-order chi connectivity index (χ1) is 12.2. The first-order valence-corrected chi connectivity index (χ1v) is 10.8. The highest BCUT2D eigenvalue weighted by atomic mass is 32.2. The summed E-state index contributed by atoms with van der Waals surface area (Å²) in [5, 5.41) is 15.2. The smallest absolute Gasteiger partial charge is 0.317 e. The number of hydrogen-bond acceptors (Lipinski definition) is 8. The monoisotopic (exact) mass is 400 g/mol. The highest BCUT2D eigenvalue weighted by Crippen LogP contribution is 2.28. The number of thioether (sulfide) groups is 1. The first-order valence-electron chi connectivity index (χ1n) is 8.97. The van der Waals surface area contributed by atoms with Crippen LogP contribution in [0.25, 0.3) is 0 Å². The van der Waals surface area contributed by atoms with Crippen molar-refractivity contribution in [1.29, 1.82) is 0 Å². The minimum Gasteiger partial charge on any atom is -0.452 e. The first kappa shape index (κ1) is 21.0. The second kappa shape index (κ2) is 9.55. The summed E-state index contributed by atoms with van der Waals surface area (Å²) in [6.45, 7) is 7.21. The molecule has 1 saturated carbocycles. The van der Waals surface area contributed by atoms with E-state index in [4.69, 9.17) is 4.74 Å². The highest BCUT2D eigenvalue weighted by Gasteiger charge is 2.22. The third kappa shape index (κ3) is 7.49. The molecule has 0 bridgehead atoms. The fraction of sp³-hybridized carbons (Fsp3) is 0.765. The zero-order valence-corrected chi connectivity index (χ0v) is 17.5. The lowest BCUT2D eigenvalue weighted by Crippen LogP contribution is -2.46. The lowest BCUT2D eigenvalue weighted by Gasteiger charge is -2.23. The number of carbonyl (C=O) groups is 2. The Labute approximate surface area is 163 Å². The van der Waals surface area contributed by atoms with Crippen molar-refractivity contribution in [3.05, 3.63) is 0 Å². The number of rotatable bonds is 7. The van der Waals surface area contributed by atoms with Crippen molar-refractivity contribution >= 4 is 40.1 Å². The van der Waals surface area contributed by atoms with Crippen molar-refractivity contribution in [3.63, 3.8) is 0 Å². The standard InChI is InChI=1S/C17H28N4O3S2/c1-11(14(23)19-17(2,3)4)24-13(22)10-25-16-21-20-15(26-16)18-12-8-6-5-7-9-12/h11-12H,5-10H2,1-4H3,(H,18,20)(H,19,23)/t11-/m1/s1. The van der Waals surface area contributed by atoms with E-state index in [2.05, 4.69) is 20.8 Å². The molecule has 1 heterocycles. The normalized spacial score (nSPS) is 16.8. The van der Waals surface area contributed by atoms with Crippen LogP contribution in [0.15, 0.2) is 4.34 Å². The van der Waals surface area contributed by atoms with E-state index in [1.807, 2.05) is 20.8 Å². The van der Waals surface area contributed by atoms with E-state index in [1.54, 1.807) is 6.92 Å². The number of carbonyl (C=O) groups excluding carboxylic acids is 2. The van der Waals surface area contributed by atoms with Crippen molar-refractivity contribution in [3.8, 4) is 0 Å². The molecule has 2 N–H and O–H groups in total. The third-order valence-corrected chi connectivity index (χ3v) is 5.79. The number of nitrogens with zero attached hydrogens (tertiary/aromatic N) is 2. The Bertz CT molecular complexity index is 609. The van der Waals surface area contributed by atoms with Gasteiger partial charge in [0, 0.05) is 11.6 Å². The van der Waals surface area contributed by atoms with Crippen LogP contribution in [-0.4, -0.2) is 45.5 Å². The van der Waals surface area contributed by atoms with Gasteiger partial charge in [-0.1, -0.05) is 42.4 Å². The molecule has 1 amide bonds. The van der Waals surface area contributed by atoms with E-state index in [0.717, 1.165) is 5.13 Å². The highest BCUT2D eigenvalue weighted by molar-refractivity contribution is 8.01. The van der Waals surface area contributed by atoms with Crippen molar-refractivity contribution in [2.24, 2.45) is 0 Å². The molecule has 0 aliphatic heterocycles. The molecule has 9 heteroatoms. The van der Waals surface area contributed by atoms with E-state index in [9.17, 15) is 9.59 Å². The third-order valence-electron chi connectivity index (χ3n) is 3.83. The van der Waals surface area contributed by atoms with Crippen LogP contribution in [0.5, 0.6) is 0 Å². The van der Waals surface area contributed by atoms with Gasteiger partial charge in [-0.15, -0.1) is 10.2 Å². The van der Waals surface area contributed by atoms with Gasteiger partial charge in [-0.3, -0.25) is 9.59 Å². The molecule has 1 aliphatic carbocycles. The molecule has 26 heavy (non-hydrogen) atoms. The fourth-order valence-corrected chi connectivity index (χ4v) is 4.24. The zero-order valence-electron chi connectivity index (χ0n) is 15.8. The Morgan fingerprint density at radius 1 is 1.27 bits per heavy atom. The molecule has 1 aromatic rings. The van der Waals surface area contributed by atoms with Crippen LogP contribution in [0.3, 0.4) is 0 Å². The van der Waals surface area contributed by atoms with Gasteiger partial charge < -0.3 is 15.4 Å². The molecule has 1 aliphatic rings. The Morgan fingerprint density at radius 3 is 2.62 bits per heavy atom. The number of ether oxygens (including phenoxy) is 1. The summed E-state index contributed by atoms with van der Waals surface area (Å²) in [6, 6.07) is 0.474. The van der Waals surface area contributed by atoms with Gasteiger partial charge in [-0.25, -0.2) is 0 Å². The van der Waals surface area contributed by atoms with Crippen molar-refractivity contribution in [2.45, 2.75) is 81.8 Å². The van der Waals surface area contributed by atoms with Crippen LogP contribution >= 0.6 is 23.1 Å². The second-order valence-corrected chi connectivity index (χ2v) is 9.71. The number of esters is 1. The van der Waals surface area contributed by atoms with Crippen molar-refractivity contribution in [2.75, 3.05) is 11.1 Å². The van der Waals surface area contributed by atoms with Crippen molar-refractivity contribution in [1.82, 2.24) is 15.5 Å². The molecule has 1 atom stereocenters. The maximum atomic E-state index is 11.9. The number of amides is 1. The molecular formula is C17H28N4O3S2. The van der Waals surface area contributed by atoms with Crippen LogP contribution < -0.4 is 10.6 Å². The summed E-state index contributed by atoms with van der Waals surface area (Å²) in [7, 11) is 0. The minimum absolute atomic E-state index is 0.102. The molecule has 2 rings (SSSR count). The summed E-state index contributed by atoms with van der Waals surface area (Å²) >= 11 is 2.72. The molecule has 0 spiro atoms. The molecule has 0 aromatic carbocycles. The van der Waals surface area contributed by atoms with Gasteiger partial charge in [0.05, 0.1) is 5.75 Å². The Morgan fingerprint density at radius 2 is 1.96 bits per heavy atom. The Balaban J connectivity index is 1.72. The molecule has 1 aromatic heterocycles. The van der Waals surface area contributed by atoms with Gasteiger partial charge in [-0.05, 0) is 40.5 Å². The van der Waals surface area contributed by atoms with Gasteiger partial charge in [0.1, 0.15) is 0 Å². The van der Waals surface area contributed by atoms with Gasteiger partial charge >= 0.3 is 5.97 Å². The summed E-state index contributed by atoms with van der Waals surface area (Å²) in [4.78, 5) is 23.9. The summed E-state index contributed by atoms with van der Waals surface area (Å²) < 4.78 is 5.89. The lowest BCUT2D eigenvalue weighted by atomic mass is 9.96. The van der Waals surface area contributed by atoms with Crippen LogP contribution in [0.2, 0.25) is 0 Å². The van der Waals surface area contributed by atoms with E-state index >= 15 is 0 Å². The van der Waals surface area contributed by atoms with E-state index < -0.39 is 12.1 Å². The largest absolute Gasteiger partial charge is 0.452 e. The van der Waals surface area contributed by atoms with Crippen LogP contribution in [0.4, 0.5) is 5.13 Å². The molecule has 7 nitrogen and oxygen atoms in total. The average molecular weight is 401 g/mol. The number of anilines is 1. The van der Waals surface area contributed by atoms with Gasteiger partial charge in [0.25, 0.3) is 5.91 Å². The summed E-state index contributed by atoms with van der Waals surface area (Å²) in [5.74, 6) is -0.639. The van der Waals surface area contributed by atoms with Crippen LogP contribution in [0.1, 0.15) is 59.8 Å². The number of nitrogens with one attached hydrogen (secondary N) is 2. The Hall–Kier alpha value is -1.35. The van der Waals surface area contributed by atoms with E-state index in [1.165, 1.54) is 55.2 Å². The maximum Gasteiger partial charge on any atom is 0.317 e. The quantitative estimate of drug-likeness (QED) is 0.536. The molecular weight excluding hydrogens is 372 g/mol. The topological polar surface area (TPSA) is 93.2 Å². The molecule has 0 radical (unpaired) electrons. The summed E-state index contributed by atoms with van der Waals surface area (Å²) in [5.41, 5.74) is -0.360. The minimum atomic E-state index is -0.819. The van der Waals surface area contributed by atoms with Crippen LogP contribution in [0, 0.1) is 0 Å². The number of hydrogen-bond donors (Lipinski definition) is 2. The molecule has 0 saturated heterocycles. The fourth-order valence-electron chi connectivity index (χ4n) is 2.62. The van der Waals surface area contributed by atoms with Gasteiger partial charge in [-0.2, -0.15) is 0 Å². The molecule has 1 fully saturated rings. The van der Waals surface area contributed by atoms with E-state index in [0.29, 0.717) is 10.4 Å². The average Bonchev–Trinajstić information content (AvgIpc) is 3.00.